The molecule has 1 nitrogen and oxygen atoms in total. The lowest BCUT2D eigenvalue weighted by Crippen LogP contribution is -1.98. The Labute approximate surface area is 130 Å². The van der Waals surface area contributed by atoms with Crippen LogP contribution in [0.2, 0.25) is 0 Å². The highest BCUT2D eigenvalue weighted by molar-refractivity contribution is 5.95. The van der Waals surface area contributed by atoms with Gasteiger partial charge in [0.1, 0.15) is 0 Å². The first kappa shape index (κ1) is 16.3. The largest absolute Gasteiger partial charge is 0.294 e. The van der Waals surface area contributed by atoms with Gasteiger partial charge in [0.2, 0.25) is 0 Å². The molecule has 116 valence electrons. The Morgan fingerprint density at radius 2 is 1.76 bits per heavy atom. The van der Waals surface area contributed by atoms with Gasteiger partial charge in [-0.15, -0.1) is 0 Å². The van der Waals surface area contributed by atoms with Crippen LogP contribution in [0.25, 0.3) is 0 Å². The van der Waals surface area contributed by atoms with Gasteiger partial charge in [0.25, 0.3) is 0 Å². The Bertz CT molecular complexity index is 502. The maximum Gasteiger partial charge on any atom is 0.162 e. The Hall–Kier alpha value is -1.11. The zero-order valence-corrected chi connectivity index (χ0v) is 14.3. The molecular weight excluding hydrogens is 256 g/mol. The monoisotopic (exact) mass is 286 g/mol. The number of ketones is 1. The lowest BCUT2D eigenvalue weighted by Gasteiger charge is -2.05. The van der Waals surface area contributed by atoms with E-state index in [9.17, 15) is 4.79 Å². The lowest BCUT2D eigenvalue weighted by atomic mass is 10.0. The fraction of sp³-hybridized carbons (Fsp3) is 0.650. The normalized spacial score (nSPS) is 30.5. The molecule has 1 saturated carbocycles. The van der Waals surface area contributed by atoms with Crippen LogP contribution in [-0.4, -0.2) is 5.78 Å². The van der Waals surface area contributed by atoms with E-state index in [1.54, 1.807) is 0 Å². The minimum absolute atomic E-state index is 0.276. The van der Waals surface area contributed by atoms with E-state index in [1.165, 1.54) is 17.6 Å². The molecule has 0 N–H and O–H groups in total. The number of allylic oxidation sites excluding steroid dienone is 6. The van der Waals surface area contributed by atoms with Crippen molar-refractivity contribution in [3.8, 4) is 0 Å². The zero-order chi connectivity index (χ0) is 15.6. The first-order chi connectivity index (χ1) is 9.82. The highest BCUT2D eigenvalue weighted by atomic mass is 16.1. The molecule has 0 radical (unpaired) electrons. The van der Waals surface area contributed by atoms with Crippen molar-refractivity contribution in [2.24, 2.45) is 17.3 Å². The molecule has 2 aliphatic carbocycles. The topological polar surface area (TPSA) is 17.1 Å². The molecule has 0 aromatic carbocycles. The smallest absolute Gasteiger partial charge is 0.162 e. The molecule has 0 saturated heterocycles. The molecule has 0 aromatic heterocycles. The van der Waals surface area contributed by atoms with Gasteiger partial charge in [0, 0.05) is 6.42 Å². The van der Waals surface area contributed by atoms with E-state index in [1.807, 2.05) is 6.92 Å². The zero-order valence-electron chi connectivity index (χ0n) is 14.3. The third-order valence-corrected chi connectivity index (χ3v) is 5.52. The molecule has 1 heteroatoms. The number of rotatable bonds is 0. The fourth-order valence-electron chi connectivity index (χ4n) is 3.60. The van der Waals surface area contributed by atoms with E-state index in [-0.39, 0.29) is 5.78 Å². The molecule has 0 heterocycles. The summed E-state index contributed by atoms with van der Waals surface area (Å²) in [4.78, 5) is 12.1. The SMILES string of the molecule is CC1=C[C@@H]2[C@H](CCC(C)=CCC(=O)C(C)=CCC1)C2(C)C. The van der Waals surface area contributed by atoms with Gasteiger partial charge < -0.3 is 0 Å². The standard InChI is InChI=1S/C20H30O/c1-14-9-11-17-18(20(17,4)5)13-15(2)7-6-8-16(3)19(21)12-10-14/h8,10,13,17-18H,6-7,9,11-12H2,1-5H3/t17-,18+/m0/s1. The summed E-state index contributed by atoms with van der Waals surface area (Å²) in [6.45, 7) is 11.2. The van der Waals surface area contributed by atoms with Crippen molar-refractivity contribution in [2.45, 2.75) is 66.7 Å². The van der Waals surface area contributed by atoms with Gasteiger partial charge in [0.15, 0.2) is 5.78 Å². The first-order valence-corrected chi connectivity index (χ1v) is 8.35. The summed E-state index contributed by atoms with van der Waals surface area (Å²) >= 11 is 0. The van der Waals surface area contributed by atoms with E-state index in [0.29, 0.717) is 11.8 Å². The predicted molar refractivity (Wildman–Crippen MR) is 90.1 cm³/mol. The molecule has 1 fully saturated rings. The van der Waals surface area contributed by atoms with Crippen LogP contribution in [0.4, 0.5) is 0 Å². The van der Waals surface area contributed by atoms with E-state index < -0.39 is 0 Å². The number of Topliss-reactive ketones (excluding diaryl/α,β-unsaturated/α-hetero) is 1. The van der Waals surface area contributed by atoms with Crippen LogP contribution < -0.4 is 0 Å². The van der Waals surface area contributed by atoms with Crippen molar-refractivity contribution >= 4 is 5.78 Å². The molecule has 0 aliphatic heterocycles. The Morgan fingerprint density at radius 1 is 1.05 bits per heavy atom. The second-order valence-corrected chi connectivity index (χ2v) is 7.61. The highest BCUT2D eigenvalue weighted by Gasteiger charge is 2.55. The quantitative estimate of drug-likeness (QED) is 0.527. The van der Waals surface area contributed by atoms with E-state index >= 15 is 0 Å². The number of carbonyl (C=O) groups excluding carboxylic acids is 1. The average molecular weight is 286 g/mol. The number of hydrogen-bond acceptors (Lipinski definition) is 1. The van der Waals surface area contributed by atoms with Gasteiger partial charge in [-0.1, -0.05) is 43.2 Å². The molecule has 2 rings (SSSR count). The second-order valence-electron chi connectivity index (χ2n) is 7.61. The lowest BCUT2D eigenvalue weighted by molar-refractivity contribution is -0.114. The fourth-order valence-corrected chi connectivity index (χ4v) is 3.60. The van der Waals surface area contributed by atoms with Crippen LogP contribution in [0.1, 0.15) is 66.7 Å². The minimum Gasteiger partial charge on any atom is -0.294 e. The summed E-state index contributed by atoms with van der Waals surface area (Å²) in [6.07, 6.45) is 11.8. The molecule has 2 aliphatic rings. The summed E-state index contributed by atoms with van der Waals surface area (Å²) in [6, 6.07) is 0. The van der Waals surface area contributed by atoms with Crippen LogP contribution >= 0.6 is 0 Å². The Kier molecular flexibility index (Phi) is 4.91. The molecule has 0 unspecified atom stereocenters. The van der Waals surface area contributed by atoms with E-state index in [4.69, 9.17) is 0 Å². The maximum absolute atomic E-state index is 12.1. The first-order valence-electron chi connectivity index (χ1n) is 8.35. The molecule has 0 bridgehead atoms. The van der Waals surface area contributed by atoms with Crippen molar-refractivity contribution in [1.82, 2.24) is 0 Å². The van der Waals surface area contributed by atoms with Crippen LogP contribution in [0.15, 0.2) is 34.9 Å². The highest BCUT2D eigenvalue weighted by Crippen LogP contribution is 2.61. The summed E-state index contributed by atoms with van der Waals surface area (Å²) in [5.41, 5.74) is 4.24. The van der Waals surface area contributed by atoms with Gasteiger partial charge >= 0.3 is 0 Å². The van der Waals surface area contributed by atoms with Crippen molar-refractivity contribution < 1.29 is 4.79 Å². The summed E-state index contributed by atoms with van der Waals surface area (Å²) < 4.78 is 0. The van der Waals surface area contributed by atoms with Crippen LogP contribution in [0, 0.1) is 17.3 Å². The number of carbonyl (C=O) groups is 1. The number of hydrogen-bond donors (Lipinski definition) is 0. The van der Waals surface area contributed by atoms with Gasteiger partial charge in [-0.25, -0.2) is 0 Å². The Morgan fingerprint density at radius 3 is 2.48 bits per heavy atom. The Balaban J connectivity index is 2.16. The summed E-state index contributed by atoms with van der Waals surface area (Å²) in [5.74, 6) is 1.84. The second kappa shape index (κ2) is 6.34. The van der Waals surface area contributed by atoms with Crippen molar-refractivity contribution in [3.63, 3.8) is 0 Å². The van der Waals surface area contributed by atoms with Crippen molar-refractivity contribution in [1.29, 1.82) is 0 Å². The third kappa shape index (κ3) is 3.96. The van der Waals surface area contributed by atoms with E-state index in [2.05, 4.69) is 45.9 Å². The molecule has 0 spiro atoms. The van der Waals surface area contributed by atoms with Gasteiger partial charge in [-0.2, -0.15) is 0 Å². The van der Waals surface area contributed by atoms with Gasteiger partial charge in [-0.05, 0) is 69.3 Å². The molecule has 0 amide bonds. The third-order valence-electron chi connectivity index (χ3n) is 5.52. The van der Waals surface area contributed by atoms with E-state index in [0.717, 1.165) is 36.7 Å². The minimum atomic E-state index is 0.276. The molecule has 2 atom stereocenters. The number of fused-ring (bicyclic) bond motifs is 1. The van der Waals surface area contributed by atoms with Crippen LogP contribution in [-0.2, 0) is 4.79 Å². The molecule has 21 heavy (non-hydrogen) atoms. The van der Waals surface area contributed by atoms with Crippen LogP contribution in [0.3, 0.4) is 0 Å². The van der Waals surface area contributed by atoms with Crippen molar-refractivity contribution in [2.75, 3.05) is 0 Å². The van der Waals surface area contributed by atoms with Crippen molar-refractivity contribution in [3.05, 3.63) is 34.9 Å². The summed E-state index contributed by atoms with van der Waals surface area (Å²) in [7, 11) is 0. The maximum atomic E-state index is 12.1. The van der Waals surface area contributed by atoms with Gasteiger partial charge in [0.05, 0.1) is 0 Å². The summed E-state index contributed by atoms with van der Waals surface area (Å²) in [5, 5.41) is 0. The average Bonchev–Trinajstić information content (AvgIpc) is 2.92. The van der Waals surface area contributed by atoms with Gasteiger partial charge in [-0.3, -0.25) is 4.79 Å². The van der Waals surface area contributed by atoms with Crippen LogP contribution in [0.5, 0.6) is 0 Å². The molecular formula is C20H30O. The predicted octanol–water partition coefficient (Wildman–Crippen LogP) is 5.63. The molecule has 0 aromatic rings.